The summed E-state index contributed by atoms with van der Waals surface area (Å²) in [6, 6.07) is 2.50. The van der Waals surface area contributed by atoms with E-state index in [-0.39, 0.29) is 18.0 Å². The van der Waals surface area contributed by atoms with E-state index in [1.165, 1.54) is 0 Å². The second-order valence-corrected chi connectivity index (χ2v) is 5.20. The second kappa shape index (κ2) is 5.91. The Hall–Kier alpha value is -1.79. The molecule has 3 nitrogen and oxygen atoms in total. The summed E-state index contributed by atoms with van der Waals surface area (Å²) in [4.78, 5) is 12.2. The van der Waals surface area contributed by atoms with Crippen molar-refractivity contribution in [3.63, 3.8) is 0 Å². The average molecular weight is 305 g/mol. The summed E-state index contributed by atoms with van der Waals surface area (Å²) in [5, 5.41) is 8.63. The van der Waals surface area contributed by atoms with Gasteiger partial charge in [-0.25, -0.2) is 4.39 Å². The number of nitrogens with zero attached hydrogens (tertiary/aromatic N) is 1. The van der Waals surface area contributed by atoms with Gasteiger partial charge in [-0.2, -0.15) is 13.2 Å². The maximum atomic E-state index is 13.8. The van der Waals surface area contributed by atoms with Crippen LogP contribution in [0.25, 0.3) is 0 Å². The van der Waals surface area contributed by atoms with Crippen LogP contribution in [0.2, 0.25) is 0 Å². The van der Waals surface area contributed by atoms with Gasteiger partial charge in [0, 0.05) is 19.5 Å². The van der Waals surface area contributed by atoms with Gasteiger partial charge in [-0.05, 0) is 37.0 Å². The van der Waals surface area contributed by atoms with Gasteiger partial charge < -0.3 is 10.0 Å². The van der Waals surface area contributed by atoms with Crippen molar-refractivity contribution in [3.8, 4) is 0 Å². The van der Waals surface area contributed by atoms with Crippen LogP contribution < -0.4 is 4.90 Å². The van der Waals surface area contributed by atoms with E-state index >= 15 is 0 Å². The van der Waals surface area contributed by atoms with Gasteiger partial charge in [0.05, 0.1) is 11.3 Å². The van der Waals surface area contributed by atoms with Gasteiger partial charge in [-0.15, -0.1) is 0 Å². The number of hydrogen-bond acceptors (Lipinski definition) is 2. The summed E-state index contributed by atoms with van der Waals surface area (Å²) < 4.78 is 51.3. The zero-order valence-electron chi connectivity index (χ0n) is 11.2. The molecule has 1 aromatic rings. The van der Waals surface area contributed by atoms with E-state index in [4.69, 9.17) is 5.11 Å². The summed E-state index contributed by atoms with van der Waals surface area (Å²) in [6.07, 6.45) is -3.30. The normalized spacial score (nSPS) is 19.0. The van der Waals surface area contributed by atoms with Crippen molar-refractivity contribution >= 4 is 11.7 Å². The Labute approximate surface area is 119 Å². The summed E-state index contributed by atoms with van der Waals surface area (Å²) in [5.74, 6) is -1.65. The highest BCUT2D eigenvalue weighted by Crippen LogP contribution is 2.34. The monoisotopic (exact) mass is 305 g/mol. The second-order valence-electron chi connectivity index (χ2n) is 5.20. The summed E-state index contributed by atoms with van der Waals surface area (Å²) in [6.45, 7) is 0.988. The lowest BCUT2D eigenvalue weighted by atomic mass is 10.0. The lowest BCUT2D eigenvalue weighted by Crippen LogP contribution is -2.21. The van der Waals surface area contributed by atoms with E-state index in [0.717, 1.165) is 12.1 Å². The Bertz CT molecular complexity index is 530. The first kappa shape index (κ1) is 15.6. The number of hydrogen-bond donors (Lipinski definition) is 1. The predicted octanol–water partition coefficient (Wildman–Crippen LogP) is 3.54. The smallest absolute Gasteiger partial charge is 0.416 e. The predicted molar refractivity (Wildman–Crippen MR) is 68.6 cm³/mol. The summed E-state index contributed by atoms with van der Waals surface area (Å²) in [5.41, 5.74) is -0.869. The molecule has 1 aliphatic rings. The van der Waals surface area contributed by atoms with E-state index in [0.29, 0.717) is 32.0 Å². The van der Waals surface area contributed by atoms with E-state index in [1.807, 2.05) is 0 Å². The highest BCUT2D eigenvalue weighted by Gasteiger charge is 2.32. The zero-order valence-corrected chi connectivity index (χ0v) is 11.2. The third-order valence-corrected chi connectivity index (χ3v) is 3.67. The number of alkyl halides is 3. The van der Waals surface area contributed by atoms with E-state index in [1.54, 1.807) is 4.90 Å². The minimum absolute atomic E-state index is 0.0496. The number of aliphatic carboxylic acids is 1. The molecule has 0 amide bonds. The molecule has 0 aromatic heterocycles. The molecule has 0 radical (unpaired) electrons. The number of carbonyl (C=O) groups is 1. The molecule has 2 rings (SSSR count). The van der Waals surface area contributed by atoms with Crippen molar-refractivity contribution < 1.29 is 27.5 Å². The van der Waals surface area contributed by atoms with Crippen LogP contribution in [0.4, 0.5) is 23.2 Å². The fraction of sp³-hybridized carbons (Fsp3) is 0.500. The number of benzene rings is 1. The minimum atomic E-state index is -4.56. The van der Waals surface area contributed by atoms with Crippen LogP contribution in [-0.4, -0.2) is 24.2 Å². The molecule has 1 unspecified atom stereocenters. The van der Waals surface area contributed by atoms with Crippen LogP contribution in [0.5, 0.6) is 0 Å². The molecule has 0 saturated carbocycles. The summed E-state index contributed by atoms with van der Waals surface area (Å²) in [7, 11) is 0. The number of carboxylic acid groups (broad SMARTS) is 1. The molecule has 1 fully saturated rings. The molecule has 1 saturated heterocycles. The van der Waals surface area contributed by atoms with Gasteiger partial charge in [0.2, 0.25) is 0 Å². The maximum Gasteiger partial charge on any atom is 0.416 e. The average Bonchev–Trinajstić information content (AvgIpc) is 2.83. The molecule has 21 heavy (non-hydrogen) atoms. The molecule has 116 valence electrons. The van der Waals surface area contributed by atoms with E-state index in [9.17, 15) is 22.4 Å². The highest BCUT2D eigenvalue weighted by atomic mass is 19.4. The topological polar surface area (TPSA) is 40.5 Å². The SMILES string of the molecule is O=C(O)CCC1CCN(c2ccc(C(F)(F)F)cc2F)C1. The first-order chi connectivity index (χ1) is 9.77. The van der Waals surface area contributed by atoms with Crippen LogP contribution in [0.15, 0.2) is 18.2 Å². The van der Waals surface area contributed by atoms with Gasteiger partial charge in [0.15, 0.2) is 0 Å². The quantitative estimate of drug-likeness (QED) is 0.865. The fourth-order valence-corrected chi connectivity index (χ4v) is 2.55. The van der Waals surface area contributed by atoms with Crippen molar-refractivity contribution in [2.75, 3.05) is 18.0 Å². The molecular weight excluding hydrogens is 290 g/mol. The van der Waals surface area contributed by atoms with Crippen molar-refractivity contribution in [1.82, 2.24) is 0 Å². The third kappa shape index (κ3) is 3.86. The Morgan fingerprint density at radius 1 is 1.38 bits per heavy atom. The number of halogens is 4. The zero-order chi connectivity index (χ0) is 15.6. The Balaban J connectivity index is 2.05. The molecule has 0 spiro atoms. The Morgan fingerprint density at radius 3 is 2.67 bits per heavy atom. The molecule has 7 heteroatoms. The highest BCUT2D eigenvalue weighted by molar-refractivity contribution is 5.66. The van der Waals surface area contributed by atoms with Gasteiger partial charge in [-0.3, -0.25) is 4.79 Å². The van der Waals surface area contributed by atoms with Crippen molar-refractivity contribution in [1.29, 1.82) is 0 Å². The van der Waals surface area contributed by atoms with Crippen LogP contribution in [0.3, 0.4) is 0 Å². The van der Waals surface area contributed by atoms with Gasteiger partial charge >= 0.3 is 12.1 Å². The van der Waals surface area contributed by atoms with Crippen LogP contribution in [0.1, 0.15) is 24.8 Å². The molecule has 1 aromatic carbocycles. The lowest BCUT2D eigenvalue weighted by Gasteiger charge is -2.20. The molecular formula is C14H15F4NO2. The fourth-order valence-electron chi connectivity index (χ4n) is 2.55. The van der Waals surface area contributed by atoms with E-state index in [2.05, 4.69) is 0 Å². The minimum Gasteiger partial charge on any atom is -0.481 e. The first-order valence-corrected chi connectivity index (χ1v) is 6.61. The van der Waals surface area contributed by atoms with E-state index < -0.39 is 23.5 Å². The third-order valence-electron chi connectivity index (χ3n) is 3.67. The first-order valence-electron chi connectivity index (χ1n) is 6.61. The standard InChI is InChI=1S/C14H15F4NO2/c15-11-7-10(14(16,17)18)2-3-12(11)19-6-5-9(8-19)1-4-13(20)21/h2-3,7,9H,1,4-6,8H2,(H,20,21). The number of carboxylic acids is 1. The van der Waals surface area contributed by atoms with Crippen molar-refractivity contribution in [3.05, 3.63) is 29.6 Å². The molecule has 0 bridgehead atoms. The summed E-state index contributed by atoms with van der Waals surface area (Å²) >= 11 is 0. The molecule has 0 aliphatic carbocycles. The van der Waals surface area contributed by atoms with Crippen molar-refractivity contribution in [2.24, 2.45) is 5.92 Å². The number of rotatable bonds is 4. The Kier molecular flexibility index (Phi) is 4.39. The number of anilines is 1. The van der Waals surface area contributed by atoms with Crippen LogP contribution >= 0.6 is 0 Å². The van der Waals surface area contributed by atoms with Crippen LogP contribution in [0, 0.1) is 11.7 Å². The largest absolute Gasteiger partial charge is 0.481 e. The lowest BCUT2D eigenvalue weighted by molar-refractivity contribution is -0.138. The molecule has 1 N–H and O–H groups in total. The maximum absolute atomic E-state index is 13.8. The Morgan fingerprint density at radius 2 is 2.10 bits per heavy atom. The van der Waals surface area contributed by atoms with Crippen LogP contribution in [-0.2, 0) is 11.0 Å². The van der Waals surface area contributed by atoms with Crippen molar-refractivity contribution in [2.45, 2.75) is 25.4 Å². The molecule has 1 atom stereocenters. The van der Waals surface area contributed by atoms with Gasteiger partial charge in [-0.1, -0.05) is 0 Å². The molecule has 1 heterocycles. The van der Waals surface area contributed by atoms with Gasteiger partial charge in [0.25, 0.3) is 0 Å². The van der Waals surface area contributed by atoms with Gasteiger partial charge in [0.1, 0.15) is 5.82 Å². The molecule has 1 aliphatic heterocycles.